The van der Waals surface area contributed by atoms with Crippen LogP contribution in [0.1, 0.15) is 24.2 Å². The number of benzene rings is 1. The van der Waals surface area contributed by atoms with Crippen LogP contribution in [0.25, 0.3) is 0 Å². The topological polar surface area (TPSA) is 29.9 Å². The summed E-state index contributed by atoms with van der Waals surface area (Å²) in [5.41, 5.74) is 2.23. The Morgan fingerprint density at radius 3 is 2.74 bits per heavy atom. The number of nitrogens with zero attached hydrogens (tertiary/aromatic N) is 2. The Kier molecular flexibility index (Phi) is 4.86. The molecule has 0 aliphatic carbocycles. The van der Waals surface area contributed by atoms with Crippen molar-refractivity contribution in [2.24, 2.45) is 7.05 Å². The first-order chi connectivity index (χ1) is 9.11. The van der Waals surface area contributed by atoms with Gasteiger partial charge in [0.2, 0.25) is 0 Å². The standard InChI is InChI=1S/C14H17Cl2N3/c1-3-18-13(14-8-17-9-19(14)2)6-10-4-5-11(15)7-12(10)16/h4-5,7-9,13,18H,3,6H2,1-2H3. The van der Waals surface area contributed by atoms with Crippen LogP contribution in [0.2, 0.25) is 10.0 Å². The highest BCUT2D eigenvalue weighted by Crippen LogP contribution is 2.26. The first-order valence-corrected chi connectivity index (χ1v) is 7.01. The van der Waals surface area contributed by atoms with E-state index in [9.17, 15) is 0 Å². The molecule has 0 saturated heterocycles. The van der Waals surface area contributed by atoms with Crippen LogP contribution in [0.3, 0.4) is 0 Å². The molecule has 102 valence electrons. The summed E-state index contributed by atoms with van der Waals surface area (Å²) in [7, 11) is 2.00. The van der Waals surface area contributed by atoms with Crippen LogP contribution in [0, 0.1) is 0 Å². The molecule has 2 aromatic rings. The maximum atomic E-state index is 6.24. The number of aromatic nitrogens is 2. The van der Waals surface area contributed by atoms with Gasteiger partial charge in [0.25, 0.3) is 0 Å². The SMILES string of the molecule is CCNC(Cc1ccc(Cl)cc1Cl)c1cncn1C. The third-order valence-corrected chi connectivity index (χ3v) is 3.69. The summed E-state index contributed by atoms with van der Waals surface area (Å²) in [6, 6.07) is 5.82. The number of aryl methyl sites for hydroxylation is 1. The molecule has 3 nitrogen and oxygen atoms in total. The van der Waals surface area contributed by atoms with E-state index in [2.05, 4.69) is 17.2 Å². The quantitative estimate of drug-likeness (QED) is 0.913. The number of halogens is 2. The Bertz CT molecular complexity index is 551. The van der Waals surface area contributed by atoms with Crippen LogP contribution in [-0.4, -0.2) is 16.1 Å². The first kappa shape index (κ1) is 14.4. The Labute approximate surface area is 123 Å². The van der Waals surface area contributed by atoms with E-state index in [0.717, 1.165) is 24.2 Å². The normalized spacial score (nSPS) is 12.6. The van der Waals surface area contributed by atoms with Crippen LogP contribution >= 0.6 is 23.2 Å². The van der Waals surface area contributed by atoms with E-state index < -0.39 is 0 Å². The van der Waals surface area contributed by atoms with Crippen molar-refractivity contribution < 1.29 is 0 Å². The van der Waals surface area contributed by atoms with Crippen molar-refractivity contribution in [3.05, 3.63) is 52.0 Å². The maximum Gasteiger partial charge on any atom is 0.0946 e. The minimum atomic E-state index is 0.191. The summed E-state index contributed by atoms with van der Waals surface area (Å²) >= 11 is 12.2. The van der Waals surface area contributed by atoms with Crippen molar-refractivity contribution in [3.63, 3.8) is 0 Å². The van der Waals surface area contributed by atoms with Crippen LogP contribution in [0.5, 0.6) is 0 Å². The molecule has 1 N–H and O–H groups in total. The summed E-state index contributed by atoms with van der Waals surface area (Å²) in [6.45, 7) is 2.98. The van der Waals surface area contributed by atoms with E-state index in [-0.39, 0.29) is 6.04 Å². The van der Waals surface area contributed by atoms with Gasteiger partial charge in [-0.3, -0.25) is 0 Å². The molecule has 0 bridgehead atoms. The zero-order valence-electron chi connectivity index (χ0n) is 11.0. The second kappa shape index (κ2) is 6.42. The van der Waals surface area contributed by atoms with Crippen LogP contribution in [-0.2, 0) is 13.5 Å². The summed E-state index contributed by atoms with van der Waals surface area (Å²) in [6.07, 6.45) is 4.50. The Balaban J connectivity index is 2.24. The molecule has 1 unspecified atom stereocenters. The van der Waals surface area contributed by atoms with Crippen LogP contribution < -0.4 is 5.32 Å². The fourth-order valence-corrected chi connectivity index (χ4v) is 2.62. The average molecular weight is 298 g/mol. The van der Waals surface area contributed by atoms with Gasteiger partial charge < -0.3 is 9.88 Å². The highest BCUT2D eigenvalue weighted by molar-refractivity contribution is 6.35. The lowest BCUT2D eigenvalue weighted by atomic mass is 10.0. The van der Waals surface area contributed by atoms with Crippen molar-refractivity contribution in [1.29, 1.82) is 0 Å². The molecule has 0 aliphatic rings. The summed E-state index contributed by atoms with van der Waals surface area (Å²) < 4.78 is 2.02. The van der Waals surface area contributed by atoms with E-state index in [0.29, 0.717) is 10.0 Å². The lowest BCUT2D eigenvalue weighted by molar-refractivity contribution is 0.521. The Morgan fingerprint density at radius 1 is 1.37 bits per heavy atom. The first-order valence-electron chi connectivity index (χ1n) is 6.25. The largest absolute Gasteiger partial charge is 0.336 e. The van der Waals surface area contributed by atoms with Crippen LogP contribution in [0.4, 0.5) is 0 Å². The van der Waals surface area contributed by atoms with Crippen molar-refractivity contribution >= 4 is 23.2 Å². The molecule has 1 atom stereocenters. The molecule has 1 heterocycles. The lowest BCUT2D eigenvalue weighted by Crippen LogP contribution is -2.24. The second-order valence-corrected chi connectivity index (χ2v) is 5.32. The molecule has 2 rings (SSSR count). The highest BCUT2D eigenvalue weighted by atomic mass is 35.5. The predicted molar refractivity (Wildman–Crippen MR) is 79.8 cm³/mol. The summed E-state index contributed by atoms with van der Waals surface area (Å²) in [5.74, 6) is 0. The molecule has 0 fully saturated rings. The average Bonchev–Trinajstić information content (AvgIpc) is 2.78. The van der Waals surface area contributed by atoms with Gasteiger partial charge in [-0.05, 0) is 30.7 Å². The number of nitrogens with one attached hydrogen (secondary N) is 1. The molecular formula is C14H17Cl2N3. The fourth-order valence-electron chi connectivity index (χ4n) is 2.14. The van der Waals surface area contributed by atoms with Gasteiger partial charge in [0.1, 0.15) is 0 Å². The van der Waals surface area contributed by atoms with E-state index in [1.54, 1.807) is 6.07 Å². The molecule has 19 heavy (non-hydrogen) atoms. The maximum absolute atomic E-state index is 6.24. The molecule has 0 saturated carbocycles. The minimum Gasteiger partial charge on any atom is -0.336 e. The second-order valence-electron chi connectivity index (χ2n) is 4.48. The molecular weight excluding hydrogens is 281 g/mol. The van der Waals surface area contributed by atoms with Gasteiger partial charge in [0, 0.05) is 23.3 Å². The Morgan fingerprint density at radius 2 is 2.16 bits per heavy atom. The zero-order chi connectivity index (χ0) is 13.8. The van der Waals surface area contributed by atoms with E-state index in [4.69, 9.17) is 23.2 Å². The predicted octanol–water partition coefficient (Wildman–Crippen LogP) is 3.62. The van der Waals surface area contributed by atoms with Gasteiger partial charge in [-0.25, -0.2) is 4.98 Å². The highest BCUT2D eigenvalue weighted by Gasteiger charge is 2.16. The van der Waals surface area contributed by atoms with E-state index in [1.165, 1.54) is 0 Å². The molecule has 1 aromatic carbocycles. The fraction of sp³-hybridized carbons (Fsp3) is 0.357. The van der Waals surface area contributed by atoms with Gasteiger partial charge in [-0.2, -0.15) is 0 Å². The van der Waals surface area contributed by atoms with Gasteiger partial charge in [-0.1, -0.05) is 36.2 Å². The Hall–Kier alpha value is -1.03. The zero-order valence-corrected chi connectivity index (χ0v) is 12.5. The van der Waals surface area contributed by atoms with Crippen LogP contribution in [0.15, 0.2) is 30.7 Å². The van der Waals surface area contributed by atoms with Gasteiger partial charge >= 0.3 is 0 Å². The molecule has 0 amide bonds. The lowest BCUT2D eigenvalue weighted by Gasteiger charge is -2.19. The third kappa shape index (κ3) is 3.50. The minimum absolute atomic E-state index is 0.191. The van der Waals surface area contributed by atoms with Crippen molar-refractivity contribution in [2.75, 3.05) is 6.54 Å². The summed E-state index contributed by atoms with van der Waals surface area (Å²) in [5, 5.41) is 4.83. The molecule has 0 radical (unpaired) electrons. The van der Waals surface area contributed by atoms with Gasteiger partial charge in [0.15, 0.2) is 0 Å². The smallest absolute Gasteiger partial charge is 0.0946 e. The molecule has 1 aromatic heterocycles. The molecule has 0 spiro atoms. The number of rotatable bonds is 5. The number of imidazole rings is 1. The molecule has 5 heteroatoms. The number of likely N-dealkylation sites (N-methyl/N-ethyl adjacent to an activating group) is 1. The molecule has 0 aliphatic heterocycles. The van der Waals surface area contributed by atoms with Crippen molar-refractivity contribution in [1.82, 2.24) is 14.9 Å². The monoisotopic (exact) mass is 297 g/mol. The number of hydrogen-bond acceptors (Lipinski definition) is 2. The van der Waals surface area contributed by atoms with Crippen molar-refractivity contribution in [3.8, 4) is 0 Å². The number of hydrogen-bond donors (Lipinski definition) is 1. The van der Waals surface area contributed by atoms with E-state index >= 15 is 0 Å². The summed E-state index contributed by atoms with van der Waals surface area (Å²) in [4.78, 5) is 4.17. The van der Waals surface area contributed by atoms with Gasteiger partial charge in [-0.15, -0.1) is 0 Å². The van der Waals surface area contributed by atoms with Crippen molar-refractivity contribution in [2.45, 2.75) is 19.4 Å². The van der Waals surface area contributed by atoms with Gasteiger partial charge in [0.05, 0.1) is 18.1 Å². The van der Waals surface area contributed by atoms with E-state index in [1.807, 2.05) is 36.3 Å². The third-order valence-electron chi connectivity index (χ3n) is 3.10.